The predicted octanol–water partition coefficient (Wildman–Crippen LogP) is 4.57. The first kappa shape index (κ1) is 17.8. The van der Waals surface area contributed by atoms with E-state index in [-0.39, 0.29) is 19.1 Å². The van der Waals surface area contributed by atoms with Crippen LogP contribution >= 0.6 is 11.3 Å². The van der Waals surface area contributed by atoms with Crippen molar-refractivity contribution in [2.75, 3.05) is 11.5 Å². The number of hydrogen-bond acceptors (Lipinski definition) is 6. The number of nitrogens with zero attached hydrogens (tertiary/aromatic N) is 2. The summed E-state index contributed by atoms with van der Waals surface area (Å²) in [5, 5.41) is 0.606. The first-order valence-corrected chi connectivity index (χ1v) is 10.1. The van der Waals surface area contributed by atoms with Crippen LogP contribution in [0.15, 0.2) is 65.3 Å². The molecule has 0 saturated heterocycles. The van der Waals surface area contributed by atoms with Gasteiger partial charge in [0.1, 0.15) is 12.4 Å². The number of furan rings is 1. The van der Waals surface area contributed by atoms with Gasteiger partial charge < -0.3 is 13.9 Å². The predicted molar refractivity (Wildman–Crippen MR) is 111 cm³/mol. The summed E-state index contributed by atoms with van der Waals surface area (Å²) in [6.07, 6.45) is 0.838. The molecule has 5 rings (SSSR count). The minimum Gasteiger partial charge on any atom is -0.485 e. The lowest BCUT2D eigenvalue weighted by molar-refractivity contribution is -0.127. The Labute approximate surface area is 171 Å². The smallest absolute Gasteiger partial charge is 0.273 e. The normalized spacial score (nSPS) is 15.4. The Morgan fingerprint density at radius 2 is 2.03 bits per heavy atom. The van der Waals surface area contributed by atoms with Crippen LogP contribution in [0.3, 0.4) is 0 Å². The molecular weight excluding hydrogens is 388 g/mol. The van der Waals surface area contributed by atoms with Crippen LogP contribution in [0.2, 0.25) is 0 Å². The molecule has 3 heterocycles. The summed E-state index contributed by atoms with van der Waals surface area (Å²) in [5.74, 6) is 1.66. The summed E-state index contributed by atoms with van der Waals surface area (Å²) < 4.78 is 18.2. The minimum absolute atomic E-state index is 0.147. The number of anilines is 1. The van der Waals surface area contributed by atoms with Crippen molar-refractivity contribution in [3.8, 4) is 11.5 Å². The van der Waals surface area contributed by atoms with Gasteiger partial charge in [-0.15, -0.1) is 0 Å². The molecule has 0 spiro atoms. The van der Waals surface area contributed by atoms with Gasteiger partial charge in [-0.1, -0.05) is 29.5 Å². The highest BCUT2D eigenvalue weighted by Crippen LogP contribution is 2.34. The SMILES string of the molecule is Cc1ccc2nc(N(Cc3ccco3)C(=O)C3COc4ccccc4O3)sc2c1. The van der Waals surface area contributed by atoms with Gasteiger partial charge in [-0.2, -0.15) is 0 Å². The molecule has 1 unspecified atom stereocenters. The summed E-state index contributed by atoms with van der Waals surface area (Å²) in [4.78, 5) is 19.7. The monoisotopic (exact) mass is 406 g/mol. The molecule has 1 atom stereocenters. The highest BCUT2D eigenvalue weighted by atomic mass is 32.1. The zero-order chi connectivity index (χ0) is 19.8. The molecule has 2 aromatic heterocycles. The molecule has 1 aliphatic heterocycles. The first-order valence-electron chi connectivity index (χ1n) is 9.27. The van der Waals surface area contributed by atoms with Crippen molar-refractivity contribution in [3.05, 3.63) is 72.2 Å². The van der Waals surface area contributed by atoms with Gasteiger partial charge in [0, 0.05) is 0 Å². The Kier molecular flexibility index (Phi) is 4.44. The van der Waals surface area contributed by atoms with Gasteiger partial charge in [-0.25, -0.2) is 4.98 Å². The van der Waals surface area contributed by atoms with Crippen molar-refractivity contribution in [2.45, 2.75) is 19.6 Å². The van der Waals surface area contributed by atoms with Gasteiger partial charge in [0.2, 0.25) is 6.10 Å². The molecule has 0 fully saturated rings. The average molecular weight is 406 g/mol. The molecule has 0 radical (unpaired) electrons. The van der Waals surface area contributed by atoms with E-state index in [2.05, 4.69) is 11.1 Å². The first-order chi connectivity index (χ1) is 14.2. The molecule has 0 bridgehead atoms. The third kappa shape index (κ3) is 3.45. The molecule has 7 heteroatoms. The van der Waals surface area contributed by atoms with Gasteiger partial charge in [0.25, 0.3) is 5.91 Å². The summed E-state index contributed by atoms with van der Waals surface area (Å²) in [6.45, 7) is 2.45. The minimum atomic E-state index is -0.756. The largest absolute Gasteiger partial charge is 0.485 e. The van der Waals surface area contributed by atoms with E-state index in [1.165, 1.54) is 11.3 Å². The Morgan fingerprint density at radius 1 is 1.17 bits per heavy atom. The van der Waals surface area contributed by atoms with Crippen LogP contribution in [0.25, 0.3) is 10.2 Å². The zero-order valence-corrected chi connectivity index (χ0v) is 16.5. The molecule has 0 N–H and O–H groups in total. The zero-order valence-electron chi connectivity index (χ0n) is 15.7. The number of carbonyl (C=O) groups excluding carboxylic acids is 1. The molecule has 6 nitrogen and oxygen atoms in total. The molecule has 1 amide bonds. The summed E-state index contributed by atoms with van der Waals surface area (Å²) in [6, 6.07) is 17.0. The topological polar surface area (TPSA) is 64.8 Å². The lowest BCUT2D eigenvalue weighted by Gasteiger charge is -2.29. The Morgan fingerprint density at radius 3 is 2.86 bits per heavy atom. The second-order valence-electron chi connectivity index (χ2n) is 6.84. The molecular formula is C22H18N2O4S. The molecule has 29 heavy (non-hydrogen) atoms. The second-order valence-corrected chi connectivity index (χ2v) is 7.84. The van der Waals surface area contributed by atoms with Crippen LogP contribution in [-0.2, 0) is 11.3 Å². The highest BCUT2D eigenvalue weighted by Gasteiger charge is 2.33. The standard InChI is InChI=1S/C22H18N2O4S/c1-14-8-9-16-20(11-14)29-22(23-16)24(12-15-5-4-10-26-15)21(25)19-13-27-17-6-2-3-7-18(17)28-19/h2-11,19H,12-13H2,1H3. The van der Waals surface area contributed by atoms with E-state index in [0.29, 0.717) is 22.4 Å². The van der Waals surface area contributed by atoms with Gasteiger partial charge in [-0.3, -0.25) is 9.69 Å². The van der Waals surface area contributed by atoms with Crippen molar-refractivity contribution in [3.63, 3.8) is 0 Å². The number of hydrogen-bond donors (Lipinski definition) is 0. The van der Waals surface area contributed by atoms with Crippen molar-refractivity contribution in [1.29, 1.82) is 0 Å². The molecule has 4 aromatic rings. The van der Waals surface area contributed by atoms with Crippen LogP contribution in [0.4, 0.5) is 5.13 Å². The molecule has 1 aliphatic rings. The van der Waals surface area contributed by atoms with Gasteiger partial charge >= 0.3 is 0 Å². The number of carbonyl (C=O) groups is 1. The maximum absolute atomic E-state index is 13.4. The maximum Gasteiger partial charge on any atom is 0.273 e. The maximum atomic E-state index is 13.4. The summed E-state index contributed by atoms with van der Waals surface area (Å²) >= 11 is 1.48. The van der Waals surface area contributed by atoms with E-state index in [4.69, 9.17) is 13.9 Å². The van der Waals surface area contributed by atoms with Crippen LogP contribution in [0, 0.1) is 6.92 Å². The van der Waals surface area contributed by atoms with Crippen LogP contribution in [0.1, 0.15) is 11.3 Å². The number of para-hydroxylation sites is 2. The van der Waals surface area contributed by atoms with Crippen LogP contribution < -0.4 is 14.4 Å². The van der Waals surface area contributed by atoms with Crippen molar-refractivity contribution >= 4 is 32.6 Å². The Balaban J connectivity index is 1.49. The number of thiazole rings is 1. The number of fused-ring (bicyclic) bond motifs is 2. The molecule has 0 aliphatic carbocycles. The van der Waals surface area contributed by atoms with Crippen molar-refractivity contribution < 1.29 is 18.7 Å². The summed E-state index contributed by atoms with van der Waals surface area (Å²) in [7, 11) is 0. The van der Waals surface area contributed by atoms with E-state index in [9.17, 15) is 4.79 Å². The van der Waals surface area contributed by atoms with Crippen molar-refractivity contribution in [1.82, 2.24) is 4.98 Å². The van der Waals surface area contributed by atoms with Crippen LogP contribution in [0.5, 0.6) is 11.5 Å². The van der Waals surface area contributed by atoms with Gasteiger partial charge in [-0.05, 0) is 48.9 Å². The molecule has 146 valence electrons. The lowest BCUT2D eigenvalue weighted by Crippen LogP contribution is -2.46. The second kappa shape index (κ2) is 7.25. The number of rotatable bonds is 4. The van der Waals surface area contributed by atoms with E-state index in [1.807, 2.05) is 43.3 Å². The van der Waals surface area contributed by atoms with Crippen LogP contribution in [-0.4, -0.2) is 23.6 Å². The van der Waals surface area contributed by atoms with E-state index < -0.39 is 6.10 Å². The lowest BCUT2D eigenvalue weighted by atomic mass is 10.2. The quantitative estimate of drug-likeness (QED) is 0.497. The van der Waals surface area contributed by atoms with Gasteiger partial charge in [0.15, 0.2) is 16.6 Å². The average Bonchev–Trinajstić information content (AvgIpc) is 3.40. The number of ether oxygens (including phenoxy) is 2. The van der Waals surface area contributed by atoms with E-state index in [1.54, 1.807) is 23.3 Å². The third-order valence-corrected chi connectivity index (χ3v) is 5.75. The van der Waals surface area contributed by atoms with Gasteiger partial charge in [0.05, 0.1) is 23.0 Å². The number of aryl methyl sites for hydroxylation is 1. The van der Waals surface area contributed by atoms with Crippen molar-refractivity contribution in [2.24, 2.45) is 0 Å². The highest BCUT2D eigenvalue weighted by molar-refractivity contribution is 7.22. The fourth-order valence-electron chi connectivity index (χ4n) is 3.25. The Hall–Kier alpha value is -3.32. The number of aromatic nitrogens is 1. The number of amides is 1. The summed E-state index contributed by atoms with van der Waals surface area (Å²) in [5.41, 5.74) is 2.01. The molecule has 0 saturated carbocycles. The third-order valence-electron chi connectivity index (χ3n) is 4.71. The number of benzene rings is 2. The fraction of sp³-hybridized carbons (Fsp3) is 0.182. The van der Waals surface area contributed by atoms with E-state index >= 15 is 0 Å². The Bertz CT molecular complexity index is 1170. The fourth-order valence-corrected chi connectivity index (χ4v) is 4.32. The van der Waals surface area contributed by atoms with E-state index in [0.717, 1.165) is 15.8 Å². The molecule has 2 aromatic carbocycles.